The van der Waals surface area contributed by atoms with Crippen molar-refractivity contribution in [3.63, 3.8) is 0 Å². The van der Waals surface area contributed by atoms with Gasteiger partial charge in [0.1, 0.15) is 6.61 Å². The average molecular weight is 275 g/mol. The summed E-state index contributed by atoms with van der Waals surface area (Å²) >= 11 is 3.38. The maximum atomic E-state index is 11.0. The molecule has 0 saturated heterocycles. The van der Waals surface area contributed by atoms with Gasteiger partial charge < -0.3 is 4.74 Å². The molecule has 0 bridgehead atoms. The normalized spacial score (nSPS) is 10.5. The fourth-order valence-electron chi connectivity index (χ4n) is 1.02. The molecule has 0 aromatic heterocycles. The average Bonchev–Trinajstić information content (AvgIpc) is 2.25. The monoisotopic (exact) mass is 274 g/mol. The number of alkyl halides is 1. The van der Waals surface area contributed by atoms with Gasteiger partial charge in [0.2, 0.25) is 0 Å². The molecular weight excluding hydrogens is 256 g/mol. The van der Waals surface area contributed by atoms with Gasteiger partial charge in [0.05, 0.1) is 0 Å². The molecular formula is C12H19BrO2. The molecule has 0 amide bonds. The lowest BCUT2D eigenvalue weighted by Gasteiger charge is -1.98. The Morgan fingerprint density at radius 2 is 2.00 bits per heavy atom. The van der Waals surface area contributed by atoms with E-state index in [2.05, 4.69) is 28.6 Å². The first kappa shape index (κ1) is 14.4. The van der Waals surface area contributed by atoms with Crippen LogP contribution in [0.5, 0.6) is 0 Å². The molecule has 3 heteroatoms. The molecule has 0 N–H and O–H groups in total. The van der Waals surface area contributed by atoms with Crippen LogP contribution in [0, 0.1) is 0 Å². The number of rotatable bonds is 9. The lowest BCUT2D eigenvalue weighted by atomic mass is 10.2. The first-order chi connectivity index (χ1) is 7.31. The Morgan fingerprint density at radius 3 is 2.67 bits per heavy atom. The Bertz CT molecular complexity index is 200. The van der Waals surface area contributed by atoms with Gasteiger partial charge in [0.25, 0.3) is 0 Å². The summed E-state index contributed by atoms with van der Waals surface area (Å²) in [5.74, 6) is -0.153. The van der Waals surface area contributed by atoms with Crippen LogP contribution >= 0.6 is 15.9 Å². The SMILES string of the molecule is C=CCOC(=O)CC/C=C/CCCCBr. The predicted octanol–water partition coefficient (Wildman–Crippen LogP) is 3.62. The number of carbonyl (C=O) groups excluding carboxylic acids is 1. The Morgan fingerprint density at radius 1 is 1.27 bits per heavy atom. The first-order valence-corrected chi connectivity index (χ1v) is 6.41. The highest BCUT2D eigenvalue weighted by atomic mass is 79.9. The van der Waals surface area contributed by atoms with Crippen LogP contribution in [0.1, 0.15) is 32.1 Å². The molecule has 0 spiro atoms. The zero-order valence-corrected chi connectivity index (χ0v) is 10.7. The minimum absolute atomic E-state index is 0.153. The van der Waals surface area contributed by atoms with Crippen molar-refractivity contribution in [2.45, 2.75) is 32.1 Å². The summed E-state index contributed by atoms with van der Waals surface area (Å²) in [5.41, 5.74) is 0. The summed E-state index contributed by atoms with van der Waals surface area (Å²) in [4.78, 5) is 11.0. The maximum Gasteiger partial charge on any atom is 0.306 e. The fraction of sp³-hybridized carbons (Fsp3) is 0.583. The van der Waals surface area contributed by atoms with Crippen LogP contribution in [-0.4, -0.2) is 17.9 Å². The summed E-state index contributed by atoms with van der Waals surface area (Å²) in [7, 11) is 0. The van der Waals surface area contributed by atoms with E-state index < -0.39 is 0 Å². The molecule has 2 nitrogen and oxygen atoms in total. The number of hydrogen-bond donors (Lipinski definition) is 0. The molecule has 0 radical (unpaired) electrons. The minimum Gasteiger partial charge on any atom is -0.461 e. The van der Waals surface area contributed by atoms with Gasteiger partial charge in [-0.15, -0.1) is 0 Å². The Labute approximate surface area is 101 Å². The minimum atomic E-state index is -0.153. The molecule has 15 heavy (non-hydrogen) atoms. The lowest BCUT2D eigenvalue weighted by molar-refractivity contribution is -0.142. The molecule has 0 fully saturated rings. The number of carbonyl (C=O) groups is 1. The number of esters is 1. The second-order valence-electron chi connectivity index (χ2n) is 3.17. The van der Waals surface area contributed by atoms with Gasteiger partial charge in [0.15, 0.2) is 0 Å². The molecule has 0 atom stereocenters. The van der Waals surface area contributed by atoms with Crippen molar-refractivity contribution in [3.8, 4) is 0 Å². The van der Waals surface area contributed by atoms with E-state index in [1.807, 2.05) is 6.08 Å². The van der Waals surface area contributed by atoms with E-state index in [1.165, 1.54) is 12.8 Å². The third-order valence-electron chi connectivity index (χ3n) is 1.80. The van der Waals surface area contributed by atoms with E-state index in [1.54, 1.807) is 6.08 Å². The van der Waals surface area contributed by atoms with Crippen molar-refractivity contribution in [2.75, 3.05) is 11.9 Å². The molecule has 0 aromatic carbocycles. The zero-order chi connectivity index (χ0) is 11.4. The van der Waals surface area contributed by atoms with Crippen LogP contribution in [0.15, 0.2) is 24.8 Å². The van der Waals surface area contributed by atoms with Gasteiger partial charge in [-0.05, 0) is 25.7 Å². The first-order valence-electron chi connectivity index (χ1n) is 5.28. The molecule has 0 saturated carbocycles. The summed E-state index contributed by atoms with van der Waals surface area (Å²) in [6.45, 7) is 3.79. The highest BCUT2D eigenvalue weighted by molar-refractivity contribution is 9.09. The van der Waals surface area contributed by atoms with E-state index in [-0.39, 0.29) is 5.97 Å². The second kappa shape index (κ2) is 11.5. The van der Waals surface area contributed by atoms with Crippen molar-refractivity contribution in [1.29, 1.82) is 0 Å². The molecule has 0 aliphatic heterocycles. The van der Waals surface area contributed by atoms with Crippen LogP contribution in [0.3, 0.4) is 0 Å². The van der Waals surface area contributed by atoms with E-state index in [0.717, 1.165) is 18.2 Å². The van der Waals surface area contributed by atoms with Crippen LogP contribution in [0.4, 0.5) is 0 Å². The zero-order valence-electron chi connectivity index (χ0n) is 9.08. The largest absolute Gasteiger partial charge is 0.461 e. The smallest absolute Gasteiger partial charge is 0.306 e. The maximum absolute atomic E-state index is 11.0. The van der Waals surface area contributed by atoms with Crippen LogP contribution in [0.25, 0.3) is 0 Å². The second-order valence-corrected chi connectivity index (χ2v) is 3.96. The highest BCUT2D eigenvalue weighted by Gasteiger charge is 1.97. The van der Waals surface area contributed by atoms with E-state index in [9.17, 15) is 4.79 Å². The fourth-order valence-corrected chi connectivity index (χ4v) is 1.41. The molecule has 0 heterocycles. The van der Waals surface area contributed by atoms with Gasteiger partial charge in [-0.1, -0.05) is 40.7 Å². The highest BCUT2D eigenvalue weighted by Crippen LogP contribution is 2.01. The quantitative estimate of drug-likeness (QED) is 0.278. The molecule has 0 unspecified atom stereocenters. The number of unbranched alkanes of at least 4 members (excludes halogenated alkanes) is 2. The molecule has 0 aliphatic carbocycles. The van der Waals surface area contributed by atoms with Crippen LogP contribution < -0.4 is 0 Å². The summed E-state index contributed by atoms with van der Waals surface area (Å²) in [5, 5.41) is 1.06. The summed E-state index contributed by atoms with van der Waals surface area (Å²) in [6.07, 6.45) is 10.5. The Balaban J connectivity index is 3.28. The van der Waals surface area contributed by atoms with Crippen molar-refractivity contribution >= 4 is 21.9 Å². The van der Waals surface area contributed by atoms with Gasteiger partial charge in [0, 0.05) is 11.8 Å². The summed E-state index contributed by atoms with van der Waals surface area (Å²) < 4.78 is 4.84. The Kier molecular flexibility index (Phi) is 11.1. The summed E-state index contributed by atoms with van der Waals surface area (Å²) in [6, 6.07) is 0. The molecule has 0 rings (SSSR count). The Hall–Kier alpha value is -0.570. The molecule has 0 aliphatic rings. The van der Waals surface area contributed by atoms with Gasteiger partial charge >= 0.3 is 5.97 Å². The topological polar surface area (TPSA) is 26.3 Å². The van der Waals surface area contributed by atoms with Crippen molar-refractivity contribution < 1.29 is 9.53 Å². The van der Waals surface area contributed by atoms with Gasteiger partial charge in [-0.25, -0.2) is 0 Å². The van der Waals surface area contributed by atoms with Crippen LogP contribution in [-0.2, 0) is 9.53 Å². The number of hydrogen-bond acceptors (Lipinski definition) is 2. The van der Waals surface area contributed by atoms with Crippen molar-refractivity contribution in [1.82, 2.24) is 0 Å². The van der Waals surface area contributed by atoms with Crippen molar-refractivity contribution in [2.24, 2.45) is 0 Å². The number of halogens is 1. The standard InChI is InChI=1S/C12H19BrO2/c1-2-11-15-12(14)9-7-5-3-4-6-8-10-13/h2-3,5H,1,4,6-11H2/b5-3+. The van der Waals surface area contributed by atoms with E-state index in [0.29, 0.717) is 13.0 Å². The molecule has 86 valence electrons. The molecule has 0 aromatic rings. The van der Waals surface area contributed by atoms with E-state index >= 15 is 0 Å². The third-order valence-corrected chi connectivity index (χ3v) is 2.36. The number of allylic oxidation sites excluding steroid dienone is 2. The van der Waals surface area contributed by atoms with Crippen LogP contribution in [0.2, 0.25) is 0 Å². The predicted molar refractivity (Wildman–Crippen MR) is 67.2 cm³/mol. The van der Waals surface area contributed by atoms with Gasteiger partial charge in [-0.2, -0.15) is 0 Å². The van der Waals surface area contributed by atoms with Crippen molar-refractivity contribution in [3.05, 3.63) is 24.8 Å². The van der Waals surface area contributed by atoms with Gasteiger partial charge in [-0.3, -0.25) is 4.79 Å². The lowest BCUT2D eigenvalue weighted by Crippen LogP contribution is -2.02. The van der Waals surface area contributed by atoms with E-state index in [4.69, 9.17) is 4.74 Å². The third kappa shape index (κ3) is 11.4. The number of ether oxygens (including phenoxy) is 1.